The number of aliphatic carboxylic acids is 2. The van der Waals surface area contributed by atoms with Crippen molar-refractivity contribution in [2.45, 2.75) is 37.9 Å². The Morgan fingerprint density at radius 2 is 1.64 bits per heavy atom. The summed E-state index contributed by atoms with van der Waals surface area (Å²) in [6.07, 6.45) is -3.18. The molecule has 0 spiro atoms. The lowest BCUT2D eigenvalue weighted by Crippen LogP contribution is -2.44. The van der Waals surface area contributed by atoms with Crippen LogP contribution in [0.4, 0.5) is 18.9 Å². The van der Waals surface area contributed by atoms with Gasteiger partial charge in [0.25, 0.3) is 0 Å². The van der Waals surface area contributed by atoms with E-state index in [9.17, 15) is 27.9 Å². The largest absolute Gasteiger partial charge is 0.490 e. The third-order valence-electron chi connectivity index (χ3n) is 5.01. The molecule has 1 amide bonds. The lowest BCUT2D eigenvalue weighted by Gasteiger charge is -2.20. The van der Waals surface area contributed by atoms with Gasteiger partial charge in [0.1, 0.15) is 5.54 Å². The maximum absolute atomic E-state index is 12.6. The van der Waals surface area contributed by atoms with Crippen molar-refractivity contribution in [2.24, 2.45) is 5.92 Å². The van der Waals surface area contributed by atoms with Crippen molar-refractivity contribution in [2.75, 3.05) is 11.9 Å². The van der Waals surface area contributed by atoms with Crippen LogP contribution in [0.1, 0.15) is 24.0 Å². The maximum Gasteiger partial charge on any atom is 0.490 e. The van der Waals surface area contributed by atoms with E-state index in [0.29, 0.717) is 6.42 Å². The third kappa shape index (κ3) is 8.13. The number of halogens is 3. The number of rotatable bonds is 8. The van der Waals surface area contributed by atoms with Crippen molar-refractivity contribution in [1.82, 2.24) is 5.32 Å². The number of aryl methyl sites for hydroxylation is 1. The summed E-state index contributed by atoms with van der Waals surface area (Å²) in [6.45, 7) is 2.10. The zero-order valence-electron chi connectivity index (χ0n) is 17.9. The van der Waals surface area contributed by atoms with E-state index in [4.69, 9.17) is 9.90 Å². The molecule has 0 radical (unpaired) electrons. The highest BCUT2D eigenvalue weighted by Gasteiger charge is 2.50. The van der Waals surface area contributed by atoms with Gasteiger partial charge in [-0.2, -0.15) is 13.2 Å². The van der Waals surface area contributed by atoms with Crippen LogP contribution < -0.4 is 10.6 Å². The number of alkyl halides is 3. The molecule has 10 heteroatoms. The van der Waals surface area contributed by atoms with E-state index in [-0.39, 0.29) is 12.5 Å². The molecular formula is C23H25F3N2O5. The molecule has 33 heavy (non-hydrogen) atoms. The van der Waals surface area contributed by atoms with Gasteiger partial charge in [-0.3, -0.25) is 9.59 Å². The molecule has 1 saturated carbocycles. The zero-order chi connectivity index (χ0) is 24.6. The Labute approximate surface area is 188 Å². The van der Waals surface area contributed by atoms with Gasteiger partial charge in [0.05, 0.1) is 5.92 Å². The molecule has 0 bridgehead atoms. The number of carbonyl (C=O) groups excluding carboxylic acids is 1. The molecule has 0 saturated heterocycles. The summed E-state index contributed by atoms with van der Waals surface area (Å²) in [5.41, 5.74) is 2.36. The molecule has 1 unspecified atom stereocenters. The fourth-order valence-corrected chi connectivity index (χ4v) is 3.09. The van der Waals surface area contributed by atoms with E-state index in [1.54, 1.807) is 0 Å². The Balaban J connectivity index is 0.000000479. The van der Waals surface area contributed by atoms with Gasteiger partial charge >= 0.3 is 18.1 Å². The van der Waals surface area contributed by atoms with Crippen LogP contribution in [0.2, 0.25) is 0 Å². The summed E-state index contributed by atoms with van der Waals surface area (Å²) in [7, 11) is 0. The van der Waals surface area contributed by atoms with Gasteiger partial charge in [0.15, 0.2) is 0 Å². The summed E-state index contributed by atoms with van der Waals surface area (Å²) < 4.78 is 31.7. The van der Waals surface area contributed by atoms with Crippen LogP contribution in [-0.4, -0.2) is 46.3 Å². The molecule has 0 aromatic heterocycles. The average Bonchev–Trinajstić information content (AvgIpc) is 3.52. The van der Waals surface area contributed by atoms with Crippen molar-refractivity contribution in [3.8, 4) is 0 Å². The van der Waals surface area contributed by atoms with Crippen LogP contribution in [0.3, 0.4) is 0 Å². The van der Waals surface area contributed by atoms with Gasteiger partial charge in [0, 0.05) is 12.2 Å². The number of hydrogen-bond donors (Lipinski definition) is 4. The molecule has 4 N–H and O–H groups in total. The summed E-state index contributed by atoms with van der Waals surface area (Å²) >= 11 is 0. The topological polar surface area (TPSA) is 116 Å². The number of carbonyl (C=O) groups is 3. The summed E-state index contributed by atoms with van der Waals surface area (Å²) in [6, 6.07) is 17.4. The van der Waals surface area contributed by atoms with Crippen LogP contribution in [0.25, 0.3) is 0 Å². The molecular weight excluding hydrogens is 441 g/mol. The number of hydrogen-bond acceptors (Lipinski definition) is 4. The van der Waals surface area contributed by atoms with Crippen molar-refractivity contribution in [1.29, 1.82) is 0 Å². The maximum atomic E-state index is 12.6. The zero-order valence-corrected chi connectivity index (χ0v) is 17.9. The molecule has 2 aromatic rings. The number of carboxylic acid groups (broad SMARTS) is 2. The molecule has 0 heterocycles. The first-order valence-corrected chi connectivity index (χ1v) is 10.1. The molecule has 1 atom stereocenters. The average molecular weight is 466 g/mol. The predicted octanol–water partition coefficient (Wildman–Crippen LogP) is 3.63. The van der Waals surface area contributed by atoms with Crippen molar-refractivity contribution in [3.63, 3.8) is 0 Å². The SMILES string of the molecule is Cc1cccc(CC(CNC(=O)C2(Nc3ccccc3)CC2)C(=O)O)c1.O=C(O)C(F)(F)F. The van der Waals surface area contributed by atoms with E-state index in [1.165, 1.54) is 0 Å². The number of para-hydroxylation sites is 1. The first-order chi connectivity index (χ1) is 15.4. The fraction of sp³-hybridized carbons (Fsp3) is 0.348. The molecule has 0 aliphatic heterocycles. The molecule has 3 rings (SSSR count). The van der Waals surface area contributed by atoms with Crippen LogP contribution in [-0.2, 0) is 20.8 Å². The van der Waals surface area contributed by atoms with Crippen molar-refractivity contribution >= 4 is 23.5 Å². The van der Waals surface area contributed by atoms with Crippen LogP contribution in [0.15, 0.2) is 54.6 Å². The Morgan fingerprint density at radius 1 is 1.03 bits per heavy atom. The smallest absolute Gasteiger partial charge is 0.481 e. The minimum absolute atomic E-state index is 0.125. The van der Waals surface area contributed by atoms with E-state index >= 15 is 0 Å². The monoisotopic (exact) mass is 466 g/mol. The minimum Gasteiger partial charge on any atom is -0.481 e. The highest BCUT2D eigenvalue weighted by atomic mass is 19.4. The van der Waals surface area contributed by atoms with Gasteiger partial charge in [-0.05, 0) is 43.9 Å². The highest BCUT2D eigenvalue weighted by molar-refractivity contribution is 5.92. The fourth-order valence-electron chi connectivity index (χ4n) is 3.09. The van der Waals surface area contributed by atoms with Crippen molar-refractivity contribution < 1.29 is 37.8 Å². The number of benzene rings is 2. The second-order valence-electron chi connectivity index (χ2n) is 7.81. The third-order valence-corrected chi connectivity index (χ3v) is 5.01. The summed E-state index contributed by atoms with van der Waals surface area (Å²) in [4.78, 5) is 33.1. The Morgan fingerprint density at radius 3 is 2.12 bits per heavy atom. The van der Waals surface area contributed by atoms with Gasteiger partial charge < -0.3 is 20.8 Å². The van der Waals surface area contributed by atoms with E-state index in [1.807, 2.05) is 61.5 Å². The van der Waals surface area contributed by atoms with E-state index < -0.39 is 29.6 Å². The standard InChI is InChI=1S/C21H24N2O3.C2HF3O2/c1-15-6-5-7-16(12-15)13-17(19(24)25)14-22-20(26)21(10-11-21)23-18-8-3-2-4-9-18;3-2(4,5)1(6)7/h2-9,12,17,23H,10-11,13-14H2,1H3,(H,22,26)(H,24,25);(H,6,7). The lowest BCUT2D eigenvalue weighted by molar-refractivity contribution is -0.192. The molecule has 7 nitrogen and oxygen atoms in total. The Bertz CT molecular complexity index is 976. The minimum atomic E-state index is -5.08. The van der Waals surface area contributed by atoms with Gasteiger partial charge in [0.2, 0.25) is 5.91 Å². The number of amides is 1. The number of nitrogens with one attached hydrogen (secondary N) is 2. The number of carboxylic acids is 2. The molecule has 1 aliphatic carbocycles. The van der Waals surface area contributed by atoms with Crippen LogP contribution in [0, 0.1) is 12.8 Å². The Hall–Kier alpha value is -3.56. The second-order valence-corrected chi connectivity index (χ2v) is 7.81. The quantitative estimate of drug-likeness (QED) is 0.472. The molecule has 2 aromatic carbocycles. The van der Waals surface area contributed by atoms with Gasteiger partial charge in [-0.25, -0.2) is 4.79 Å². The molecule has 178 valence electrons. The molecule has 1 aliphatic rings. The normalized spacial score (nSPS) is 14.8. The lowest BCUT2D eigenvalue weighted by atomic mass is 9.98. The van der Waals surface area contributed by atoms with Crippen LogP contribution in [0.5, 0.6) is 0 Å². The first-order valence-electron chi connectivity index (χ1n) is 10.1. The van der Waals surface area contributed by atoms with E-state index in [0.717, 1.165) is 29.7 Å². The summed E-state index contributed by atoms with van der Waals surface area (Å²) in [5, 5.41) is 22.7. The first kappa shape index (κ1) is 25.7. The second kappa shape index (κ2) is 10.8. The summed E-state index contributed by atoms with van der Waals surface area (Å²) in [5.74, 6) is -4.43. The van der Waals surface area contributed by atoms with Gasteiger partial charge in [-0.15, -0.1) is 0 Å². The van der Waals surface area contributed by atoms with Crippen molar-refractivity contribution in [3.05, 3.63) is 65.7 Å². The Kier molecular flexibility index (Phi) is 8.44. The highest BCUT2D eigenvalue weighted by Crippen LogP contribution is 2.39. The van der Waals surface area contributed by atoms with E-state index in [2.05, 4.69) is 10.6 Å². The van der Waals surface area contributed by atoms with Crippen LogP contribution >= 0.6 is 0 Å². The molecule has 1 fully saturated rings. The predicted molar refractivity (Wildman–Crippen MR) is 115 cm³/mol. The van der Waals surface area contributed by atoms with Gasteiger partial charge in [-0.1, -0.05) is 48.0 Å². The number of anilines is 1.